The minimum Gasteiger partial charge on any atom is -0.360 e. The predicted octanol–water partition coefficient (Wildman–Crippen LogP) is 2.94. The van der Waals surface area contributed by atoms with Crippen LogP contribution in [0.4, 0.5) is 0 Å². The Bertz CT molecular complexity index is 809. The summed E-state index contributed by atoms with van der Waals surface area (Å²) in [6, 6.07) is 9.81. The second-order valence-corrected chi connectivity index (χ2v) is 7.04. The fraction of sp³-hybridized carbons (Fsp3) is 0.450. The van der Waals surface area contributed by atoms with E-state index >= 15 is 0 Å². The Labute approximate surface area is 154 Å². The first-order valence-corrected chi connectivity index (χ1v) is 8.96. The number of aromatic nitrogens is 1. The van der Waals surface area contributed by atoms with Crippen molar-refractivity contribution in [2.45, 2.75) is 33.2 Å². The highest BCUT2D eigenvalue weighted by molar-refractivity contribution is 5.96. The number of hydrogen-bond acceptors (Lipinski definition) is 5. The quantitative estimate of drug-likeness (QED) is 0.846. The van der Waals surface area contributed by atoms with Crippen LogP contribution in [0.15, 0.2) is 28.8 Å². The zero-order chi connectivity index (χ0) is 18.7. The molecule has 0 spiro atoms. The van der Waals surface area contributed by atoms with Crippen LogP contribution >= 0.6 is 0 Å². The van der Waals surface area contributed by atoms with Gasteiger partial charge in [-0.25, -0.2) is 0 Å². The SMILES string of the molecule is Cc1noc(C(C)C)c1C(=O)N1CCN(Cc2ccc(C#N)cc2)CC1. The van der Waals surface area contributed by atoms with Gasteiger partial charge in [-0.2, -0.15) is 5.26 Å². The first-order chi connectivity index (χ1) is 12.5. The standard InChI is InChI=1S/C20H24N4O2/c1-14(2)19-18(15(3)22-26-19)20(25)24-10-8-23(9-11-24)13-17-6-4-16(12-21)5-7-17/h4-7,14H,8-11,13H2,1-3H3. The lowest BCUT2D eigenvalue weighted by atomic mass is 10.0. The predicted molar refractivity (Wildman–Crippen MR) is 97.7 cm³/mol. The third-order valence-electron chi connectivity index (χ3n) is 4.78. The van der Waals surface area contributed by atoms with Gasteiger partial charge in [-0.1, -0.05) is 31.1 Å². The monoisotopic (exact) mass is 352 g/mol. The molecule has 136 valence electrons. The van der Waals surface area contributed by atoms with Crippen molar-refractivity contribution in [1.82, 2.24) is 15.0 Å². The third kappa shape index (κ3) is 3.78. The number of nitriles is 1. The number of amides is 1. The van der Waals surface area contributed by atoms with E-state index in [0.29, 0.717) is 35.7 Å². The van der Waals surface area contributed by atoms with E-state index < -0.39 is 0 Å². The molecule has 26 heavy (non-hydrogen) atoms. The zero-order valence-electron chi connectivity index (χ0n) is 15.5. The number of carbonyl (C=O) groups is 1. The van der Waals surface area contributed by atoms with Crippen LogP contribution < -0.4 is 0 Å². The topological polar surface area (TPSA) is 73.4 Å². The van der Waals surface area contributed by atoms with Gasteiger partial charge in [0.1, 0.15) is 5.56 Å². The molecule has 6 nitrogen and oxygen atoms in total. The normalized spacial score (nSPS) is 15.3. The third-order valence-corrected chi connectivity index (χ3v) is 4.78. The molecule has 1 fully saturated rings. The molecule has 0 bridgehead atoms. The van der Waals surface area contributed by atoms with Crippen molar-refractivity contribution in [2.24, 2.45) is 0 Å². The summed E-state index contributed by atoms with van der Waals surface area (Å²) < 4.78 is 5.36. The summed E-state index contributed by atoms with van der Waals surface area (Å²) in [5, 5.41) is 12.9. The molecule has 2 heterocycles. The number of hydrogen-bond donors (Lipinski definition) is 0. The molecule has 0 saturated carbocycles. The Morgan fingerprint density at radius 2 is 1.88 bits per heavy atom. The highest BCUT2D eigenvalue weighted by Gasteiger charge is 2.29. The Morgan fingerprint density at radius 3 is 2.46 bits per heavy atom. The molecule has 1 saturated heterocycles. The van der Waals surface area contributed by atoms with Crippen molar-refractivity contribution in [3.8, 4) is 6.07 Å². The van der Waals surface area contributed by atoms with Crippen molar-refractivity contribution < 1.29 is 9.32 Å². The van der Waals surface area contributed by atoms with E-state index in [9.17, 15) is 4.79 Å². The van der Waals surface area contributed by atoms with Gasteiger partial charge in [0.2, 0.25) is 0 Å². The molecular formula is C20H24N4O2. The molecule has 0 aliphatic carbocycles. The summed E-state index contributed by atoms with van der Waals surface area (Å²) >= 11 is 0. The number of piperazine rings is 1. The van der Waals surface area contributed by atoms with E-state index in [-0.39, 0.29) is 11.8 Å². The summed E-state index contributed by atoms with van der Waals surface area (Å²) in [5.74, 6) is 0.825. The molecule has 0 radical (unpaired) electrons. The Kier molecular flexibility index (Phi) is 5.38. The smallest absolute Gasteiger partial charge is 0.259 e. The van der Waals surface area contributed by atoms with Gasteiger partial charge in [0.05, 0.1) is 17.3 Å². The van der Waals surface area contributed by atoms with Crippen molar-refractivity contribution in [3.63, 3.8) is 0 Å². The first kappa shape index (κ1) is 18.2. The molecule has 1 aliphatic heterocycles. The van der Waals surface area contributed by atoms with Crippen LogP contribution in [0.25, 0.3) is 0 Å². The molecule has 0 unspecified atom stereocenters. The van der Waals surface area contributed by atoms with Crippen molar-refractivity contribution in [1.29, 1.82) is 5.26 Å². The van der Waals surface area contributed by atoms with Gasteiger partial charge < -0.3 is 9.42 Å². The molecule has 2 aromatic rings. The summed E-state index contributed by atoms with van der Waals surface area (Å²) in [6.45, 7) is 9.70. The Balaban J connectivity index is 1.60. The number of carbonyl (C=O) groups excluding carboxylic acids is 1. The fourth-order valence-electron chi connectivity index (χ4n) is 3.25. The maximum Gasteiger partial charge on any atom is 0.259 e. The van der Waals surface area contributed by atoms with Gasteiger partial charge in [-0.05, 0) is 24.6 Å². The van der Waals surface area contributed by atoms with E-state index in [1.54, 1.807) is 0 Å². The lowest BCUT2D eigenvalue weighted by Crippen LogP contribution is -2.48. The lowest BCUT2D eigenvalue weighted by Gasteiger charge is -2.34. The maximum absolute atomic E-state index is 12.9. The summed E-state index contributed by atoms with van der Waals surface area (Å²) in [5.41, 5.74) is 3.15. The number of benzene rings is 1. The first-order valence-electron chi connectivity index (χ1n) is 8.96. The lowest BCUT2D eigenvalue weighted by molar-refractivity contribution is 0.0625. The van der Waals surface area contributed by atoms with E-state index in [0.717, 1.165) is 19.6 Å². The van der Waals surface area contributed by atoms with E-state index in [4.69, 9.17) is 9.78 Å². The molecule has 1 aromatic carbocycles. The van der Waals surface area contributed by atoms with Gasteiger partial charge in [-0.15, -0.1) is 0 Å². The maximum atomic E-state index is 12.9. The molecule has 1 aliphatic rings. The van der Waals surface area contributed by atoms with Gasteiger partial charge >= 0.3 is 0 Å². The molecule has 6 heteroatoms. The van der Waals surface area contributed by atoms with Crippen LogP contribution in [0.2, 0.25) is 0 Å². The minimum atomic E-state index is 0.0190. The fourth-order valence-corrected chi connectivity index (χ4v) is 3.25. The van der Waals surface area contributed by atoms with Crippen LogP contribution in [0.3, 0.4) is 0 Å². The van der Waals surface area contributed by atoms with Gasteiger partial charge in [0.25, 0.3) is 5.91 Å². The molecule has 0 atom stereocenters. The van der Waals surface area contributed by atoms with Crippen molar-refractivity contribution >= 4 is 5.91 Å². The molecular weight excluding hydrogens is 328 g/mol. The van der Waals surface area contributed by atoms with Gasteiger partial charge in [0.15, 0.2) is 5.76 Å². The Hall–Kier alpha value is -2.65. The van der Waals surface area contributed by atoms with Crippen LogP contribution in [0.1, 0.15) is 52.7 Å². The minimum absolute atomic E-state index is 0.0190. The average molecular weight is 352 g/mol. The van der Waals surface area contributed by atoms with E-state index in [1.807, 2.05) is 49.9 Å². The van der Waals surface area contributed by atoms with Crippen LogP contribution in [0.5, 0.6) is 0 Å². The summed E-state index contributed by atoms with van der Waals surface area (Å²) in [6.07, 6.45) is 0. The molecule has 0 N–H and O–H groups in total. The van der Waals surface area contributed by atoms with Crippen LogP contribution in [0, 0.1) is 18.3 Å². The number of aryl methyl sites for hydroxylation is 1. The van der Waals surface area contributed by atoms with E-state index in [1.165, 1.54) is 5.56 Å². The average Bonchev–Trinajstić information content (AvgIpc) is 3.04. The second kappa shape index (κ2) is 7.71. The summed E-state index contributed by atoms with van der Waals surface area (Å²) in [4.78, 5) is 17.1. The largest absolute Gasteiger partial charge is 0.360 e. The number of nitrogens with zero attached hydrogens (tertiary/aromatic N) is 4. The van der Waals surface area contributed by atoms with Crippen molar-refractivity contribution in [2.75, 3.05) is 26.2 Å². The second-order valence-electron chi connectivity index (χ2n) is 7.04. The number of rotatable bonds is 4. The zero-order valence-corrected chi connectivity index (χ0v) is 15.5. The van der Waals surface area contributed by atoms with E-state index in [2.05, 4.69) is 16.1 Å². The summed E-state index contributed by atoms with van der Waals surface area (Å²) in [7, 11) is 0. The highest BCUT2D eigenvalue weighted by Crippen LogP contribution is 2.24. The van der Waals surface area contributed by atoms with Crippen LogP contribution in [-0.2, 0) is 6.54 Å². The Morgan fingerprint density at radius 1 is 1.23 bits per heavy atom. The molecule has 1 aromatic heterocycles. The van der Waals surface area contributed by atoms with Crippen molar-refractivity contribution in [3.05, 3.63) is 52.4 Å². The van der Waals surface area contributed by atoms with Crippen LogP contribution in [-0.4, -0.2) is 47.0 Å². The van der Waals surface area contributed by atoms with Gasteiger partial charge in [0, 0.05) is 38.6 Å². The molecule has 3 rings (SSSR count). The molecule has 1 amide bonds. The highest BCUT2D eigenvalue weighted by atomic mass is 16.5. The van der Waals surface area contributed by atoms with Gasteiger partial charge in [-0.3, -0.25) is 9.69 Å².